The van der Waals surface area contributed by atoms with Crippen molar-refractivity contribution in [2.24, 2.45) is 5.73 Å². The zero-order valence-corrected chi connectivity index (χ0v) is 14.8. The number of carbonyl (C=O) groups excluding carboxylic acids is 1. The Labute approximate surface area is 146 Å². The number of unbranched alkanes of at least 4 members (excludes halogenated alkanes) is 1. The van der Waals surface area contributed by atoms with Crippen molar-refractivity contribution in [3.8, 4) is 11.5 Å². The van der Waals surface area contributed by atoms with Gasteiger partial charge < -0.3 is 20.5 Å². The van der Waals surface area contributed by atoms with Crippen LogP contribution in [-0.2, 0) is 13.1 Å². The standard InChI is InChI=1S/C17H23N3O3S/c1-3-4-7-23-14-6-5-12(8-15(14)22-2)10-19-17(21)13-11-24-16(9-18)20-13/h5-6,8,11H,3-4,7,9-10,18H2,1-2H3,(H,19,21). The first-order chi connectivity index (χ1) is 11.7. The number of rotatable bonds is 9. The molecule has 130 valence electrons. The van der Waals surface area contributed by atoms with Crippen LogP contribution in [0.15, 0.2) is 23.6 Å². The number of hydrogen-bond donors (Lipinski definition) is 2. The lowest BCUT2D eigenvalue weighted by Crippen LogP contribution is -2.23. The molecule has 1 aromatic heterocycles. The highest BCUT2D eigenvalue weighted by Gasteiger charge is 2.11. The molecule has 0 unspecified atom stereocenters. The van der Waals surface area contributed by atoms with Crippen LogP contribution in [0.5, 0.6) is 11.5 Å². The fourth-order valence-electron chi connectivity index (χ4n) is 2.05. The van der Waals surface area contributed by atoms with Crippen molar-refractivity contribution in [1.29, 1.82) is 0 Å². The SMILES string of the molecule is CCCCOc1ccc(CNC(=O)c2csc(CN)n2)cc1OC. The van der Waals surface area contributed by atoms with E-state index >= 15 is 0 Å². The topological polar surface area (TPSA) is 86.5 Å². The summed E-state index contributed by atoms with van der Waals surface area (Å²) in [4.78, 5) is 16.2. The zero-order valence-electron chi connectivity index (χ0n) is 14.0. The van der Waals surface area contributed by atoms with Gasteiger partial charge in [0, 0.05) is 18.5 Å². The number of amides is 1. The molecule has 0 bridgehead atoms. The predicted octanol–water partition coefficient (Wildman–Crippen LogP) is 2.72. The van der Waals surface area contributed by atoms with Gasteiger partial charge >= 0.3 is 0 Å². The van der Waals surface area contributed by atoms with E-state index in [-0.39, 0.29) is 5.91 Å². The summed E-state index contributed by atoms with van der Waals surface area (Å²) in [6.45, 7) is 3.51. The number of aromatic nitrogens is 1. The van der Waals surface area contributed by atoms with Gasteiger partial charge in [-0.15, -0.1) is 11.3 Å². The molecule has 0 aliphatic rings. The molecule has 1 amide bonds. The van der Waals surface area contributed by atoms with E-state index < -0.39 is 0 Å². The average molecular weight is 349 g/mol. The Morgan fingerprint density at radius 3 is 2.88 bits per heavy atom. The van der Waals surface area contributed by atoms with Gasteiger partial charge in [-0.05, 0) is 24.1 Å². The van der Waals surface area contributed by atoms with E-state index in [1.165, 1.54) is 11.3 Å². The molecule has 0 radical (unpaired) electrons. The van der Waals surface area contributed by atoms with Crippen LogP contribution < -0.4 is 20.5 Å². The van der Waals surface area contributed by atoms with E-state index in [1.54, 1.807) is 12.5 Å². The van der Waals surface area contributed by atoms with Crippen molar-refractivity contribution in [3.63, 3.8) is 0 Å². The van der Waals surface area contributed by atoms with E-state index in [4.69, 9.17) is 15.2 Å². The van der Waals surface area contributed by atoms with Crippen LogP contribution in [0.4, 0.5) is 0 Å². The lowest BCUT2D eigenvalue weighted by molar-refractivity contribution is 0.0946. The molecule has 2 rings (SSSR count). The van der Waals surface area contributed by atoms with Gasteiger partial charge in [-0.1, -0.05) is 19.4 Å². The fourth-order valence-corrected chi connectivity index (χ4v) is 2.70. The first-order valence-electron chi connectivity index (χ1n) is 7.90. The van der Waals surface area contributed by atoms with E-state index in [0.29, 0.717) is 36.9 Å². The predicted molar refractivity (Wildman–Crippen MR) is 94.6 cm³/mol. The van der Waals surface area contributed by atoms with Gasteiger partial charge in [0.05, 0.1) is 13.7 Å². The maximum Gasteiger partial charge on any atom is 0.271 e. The quantitative estimate of drug-likeness (QED) is 0.680. The summed E-state index contributed by atoms with van der Waals surface area (Å²) in [5.41, 5.74) is 6.83. The number of methoxy groups -OCH3 is 1. The summed E-state index contributed by atoms with van der Waals surface area (Å²) >= 11 is 1.38. The minimum absolute atomic E-state index is 0.215. The molecular formula is C17H23N3O3S. The Morgan fingerprint density at radius 2 is 2.21 bits per heavy atom. The molecule has 6 nitrogen and oxygen atoms in total. The molecule has 0 aliphatic carbocycles. The van der Waals surface area contributed by atoms with Crippen LogP contribution in [0, 0.1) is 0 Å². The lowest BCUT2D eigenvalue weighted by atomic mass is 10.2. The summed E-state index contributed by atoms with van der Waals surface area (Å²) < 4.78 is 11.1. The number of hydrogen-bond acceptors (Lipinski definition) is 6. The van der Waals surface area contributed by atoms with E-state index in [9.17, 15) is 4.79 Å². The minimum Gasteiger partial charge on any atom is -0.493 e. The van der Waals surface area contributed by atoms with Gasteiger partial charge in [0.25, 0.3) is 5.91 Å². The number of thiazole rings is 1. The van der Waals surface area contributed by atoms with E-state index in [2.05, 4.69) is 17.2 Å². The first kappa shape index (κ1) is 18.2. The Hall–Kier alpha value is -2.12. The fraction of sp³-hybridized carbons (Fsp3) is 0.412. The number of nitrogens with one attached hydrogen (secondary N) is 1. The van der Waals surface area contributed by atoms with Crippen LogP contribution in [0.1, 0.15) is 40.8 Å². The Bertz CT molecular complexity index is 673. The summed E-state index contributed by atoms with van der Waals surface area (Å²) in [5.74, 6) is 1.17. The van der Waals surface area contributed by atoms with Gasteiger partial charge in [-0.25, -0.2) is 4.98 Å². The smallest absolute Gasteiger partial charge is 0.271 e. The zero-order chi connectivity index (χ0) is 17.4. The van der Waals surface area contributed by atoms with Crippen molar-refractivity contribution in [1.82, 2.24) is 10.3 Å². The number of nitrogens with two attached hydrogens (primary N) is 1. The summed E-state index contributed by atoms with van der Waals surface area (Å²) in [6, 6.07) is 5.65. The highest BCUT2D eigenvalue weighted by Crippen LogP contribution is 2.28. The monoisotopic (exact) mass is 349 g/mol. The summed E-state index contributed by atoms with van der Waals surface area (Å²) in [7, 11) is 1.61. The molecule has 7 heteroatoms. The molecule has 0 atom stereocenters. The number of nitrogens with zero attached hydrogens (tertiary/aromatic N) is 1. The molecule has 1 heterocycles. The molecule has 24 heavy (non-hydrogen) atoms. The molecule has 2 aromatic rings. The highest BCUT2D eigenvalue weighted by molar-refractivity contribution is 7.09. The maximum absolute atomic E-state index is 12.1. The molecule has 0 aliphatic heterocycles. The maximum atomic E-state index is 12.1. The van der Waals surface area contributed by atoms with Gasteiger partial charge in [0.2, 0.25) is 0 Å². The highest BCUT2D eigenvalue weighted by atomic mass is 32.1. The van der Waals surface area contributed by atoms with Crippen LogP contribution in [0.25, 0.3) is 0 Å². The van der Waals surface area contributed by atoms with Gasteiger partial charge in [0.15, 0.2) is 11.5 Å². The molecule has 3 N–H and O–H groups in total. The molecule has 0 saturated heterocycles. The van der Waals surface area contributed by atoms with Gasteiger partial charge in [-0.3, -0.25) is 4.79 Å². The van der Waals surface area contributed by atoms with Crippen molar-refractivity contribution < 1.29 is 14.3 Å². The third-order valence-corrected chi connectivity index (χ3v) is 4.27. The van der Waals surface area contributed by atoms with Gasteiger partial charge in [0.1, 0.15) is 10.7 Å². The second kappa shape index (κ2) is 9.24. The lowest BCUT2D eigenvalue weighted by Gasteiger charge is -2.12. The van der Waals surface area contributed by atoms with Crippen molar-refractivity contribution in [2.75, 3.05) is 13.7 Å². The Balaban J connectivity index is 1.95. The second-order valence-electron chi connectivity index (χ2n) is 5.20. The van der Waals surface area contributed by atoms with Gasteiger partial charge in [-0.2, -0.15) is 0 Å². The summed E-state index contributed by atoms with van der Waals surface area (Å²) in [5, 5.41) is 5.30. The minimum atomic E-state index is -0.215. The number of ether oxygens (including phenoxy) is 2. The molecular weight excluding hydrogens is 326 g/mol. The van der Waals surface area contributed by atoms with E-state index in [0.717, 1.165) is 23.4 Å². The third kappa shape index (κ3) is 4.94. The molecule has 0 fully saturated rings. The Morgan fingerprint density at radius 1 is 1.38 bits per heavy atom. The van der Waals surface area contributed by atoms with Crippen molar-refractivity contribution >= 4 is 17.2 Å². The van der Waals surface area contributed by atoms with Crippen molar-refractivity contribution in [3.05, 3.63) is 39.8 Å². The van der Waals surface area contributed by atoms with Crippen LogP contribution in [0.3, 0.4) is 0 Å². The van der Waals surface area contributed by atoms with Crippen molar-refractivity contribution in [2.45, 2.75) is 32.9 Å². The number of carbonyl (C=O) groups is 1. The van der Waals surface area contributed by atoms with Crippen LogP contribution in [0.2, 0.25) is 0 Å². The first-order valence-corrected chi connectivity index (χ1v) is 8.78. The number of benzene rings is 1. The molecule has 0 spiro atoms. The second-order valence-corrected chi connectivity index (χ2v) is 6.14. The van der Waals surface area contributed by atoms with Crippen LogP contribution in [-0.4, -0.2) is 24.6 Å². The third-order valence-electron chi connectivity index (χ3n) is 3.40. The van der Waals surface area contributed by atoms with Crippen LogP contribution >= 0.6 is 11.3 Å². The molecule has 1 aromatic carbocycles. The Kier molecular flexibility index (Phi) is 7.02. The van der Waals surface area contributed by atoms with E-state index in [1.807, 2.05) is 18.2 Å². The average Bonchev–Trinajstić information content (AvgIpc) is 3.09. The largest absolute Gasteiger partial charge is 0.493 e. The summed E-state index contributed by atoms with van der Waals surface area (Å²) in [6.07, 6.45) is 2.08. The normalized spacial score (nSPS) is 10.5. The molecule has 0 saturated carbocycles.